The fourth-order valence-electron chi connectivity index (χ4n) is 0.0904. The van der Waals surface area contributed by atoms with E-state index in [0.29, 0.717) is 0 Å². The highest BCUT2D eigenvalue weighted by molar-refractivity contribution is 14.1. The lowest BCUT2D eigenvalue weighted by Gasteiger charge is -1.85. The molecule has 0 aromatic heterocycles. The number of rotatable bonds is 3. The molecule has 0 amide bonds. The van der Waals surface area contributed by atoms with Crippen molar-refractivity contribution in [2.24, 2.45) is 0 Å². The Morgan fingerprint density at radius 1 is 2.00 bits per heavy atom. The van der Waals surface area contributed by atoms with Crippen molar-refractivity contribution in [2.45, 2.75) is 0 Å². The average molecular weight is 215 g/mol. The van der Waals surface area contributed by atoms with Crippen molar-refractivity contribution in [3.63, 3.8) is 0 Å². The van der Waals surface area contributed by atoms with E-state index in [9.17, 15) is 0 Å². The van der Waals surface area contributed by atoms with Gasteiger partial charge in [0, 0.05) is 0 Å². The van der Waals surface area contributed by atoms with Gasteiger partial charge in [0.25, 0.3) is 0 Å². The van der Waals surface area contributed by atoms with E-state index in [4.69, 9.17) is 0 Å². The van der Waals surface area contributed by atoms with E-state index in [1.165, 1.54) is 11.9 Å². The van der Waals surface area contributed by atoms with Crippen LogP contribution in [0.15, 0.2) is 12.0 Å². The van der Waals surface area contributed by atoms with Gasteiger partial charge in [-0.1, -0.05) is 41.1 Å². The van der Waals surface area contributed by atoms with Crippen LogP contribution in [-0.4, -0.2) is 4.55 Å². The molecule has 0 aliphatic rings. The van der Waals surface area contributed by atoms with E-state index in [-0.39, 0.29) is 0 Å². The second-order valence-corrected chi connectivity index (χ2v) is 2.18. The Morgan fingerprint density at radius 2 is 2.67 bits per heavy atom. The monoisotopic (exact) mass is 215 g/mol. The SMILES string of the molecule is C=CSNCI. The maximum absolute atomic E-state index is 3.50. The van der Waals surface area contributed by atoms with Gasteiger partial charge in [0.05, 0.1) is 4.55 Å². The first-order valence-electron chi connectivity index (χ1n) is 1.47. The van der Waals surface area contributed by atoms with Gasteiger partial charge in [-0.3, -0.25) is 4.72 Å². The van der Waals surface area contributed by atoms with Crippen LogP contribution in [0.25, 0.3) is 0 Å². The van der Waals surface area contributed by atoms with Crippen molar-refractivity contribution >= 4 is 34.5 Å². The molecular weight excluding hydrogens is 209 g/mol. The summed E-state index contributed by atoms with van der Waals surface area (Å²) in [6.07, 6.45) is 0. The predicted octanol–water partition coefficient (Wildman–Crippen LogP) is 1.76. The van der Waals surface area contributed by atoms with Gasteiger partial charge in [-0.05, 0) is 5.41 Å². The lowest BCUT2D eigenvalue weighted by Crippen LogP contribution is -1.93. The zero-order chi connectivity index (χ0) is 4.83. The zero-order valence-electron chi connectivity index (χ0n) is 3.28. The Hall–Kier alpha value is 0.780. The van der Waals surface area contributed by atoms with E-state index < -0.39 is 0 Å². The van der Waals surface area contributed by atoms with Crippen LogP contribution in [0.2, 0.25) is 0 Å². The molecule has 0 saturated carbocycles. The van der Waals surface area contributed by atoms with Crippen LogP contribution in [0.1, 0.15) is 0 Å². The van der Waals surface area contributed by atoms with Crippen molar-refractivity contribution < 1.29 is 0 Å². The molecule has 0 saturated heterocycles. The summed E-state index contributed by atoms with van der Waals surface area (Å²) in [5.74, 6) is 0. The van der Waals surface area contributed by atoms with Gasteiger partial charge in [0.2, 0.25) is 0 Å². The Kier molecular flexibility index (Phi) is 6.53. The van der Waals surface area contributed by atoms with Gasteiger partial charge in [0.15, 0.2) is 0 Å². The van der Waals surface area contributed by atoms with Gasteiger partial charge in [-0.15, -0.1) is 0 Å². The van der Waals surface area contributed by atoms with Crippen LogP contribution in [0.4, 0.5) is 0 Å². The van der Waals surface area contributed by atoms with Crippen molar-refractivity contribution in [2.75, 3.05) is 4.55 Å². The van der Waals surface area contributed by atoms with Crippen LogP contribution < -0.4 is 4.72 Å². The molecule has 0 rings (SSSR count). The molecule has 1 N–H and O–H groups in total. The van der Waals surface area contributed by atoms with E-state index >= 15 is 0 Å². The minimum atomic E-state index is 0.967. The molecule has 0 unspecified atom stereocenters. The fraction of sp³-hybridized carbons (Fsp3) is 0.333. The topological polar surface area (TPSA) is 12.0 Å². The lowest BCUT2D eigenvalue weighted by atomic mass is 11.3. The van der Waals surface area contributed by atoms with E-state index in [0.717, 1.165) is 4.55 Å². The van der Waals surface area contributed by atoms with E-state index in [1.807, 2.05) is 0 Å². The number of hydrogen-bond donors (Lipinski definition) is 1. The first-order valence-corrected chi connectivity index (χ1v) is 3.87. The third kappa shape index (κ3) is 4.78. The van der Waals surface area contributed by atoms with Crippen LogP contribution in [0.3, 0.4) is 0 Å². The molecule has 6 heavy (non-hydrogen) atoms. The molecule has 36 valence electrons. The summed E-state index contributed by atoms with van der Waals surface area (Å²) < 4.78 is 3.95. The molecule has 0 fully saturated rings. The summed E-state index contributed by atoms with van der Waals surface area (Å²) >= 11 is 3.75. The molecule has 0 aliphatic heterocycles. The third-order valence-corrected chi connectivity index (χ3v) is 1.60. The lowest BCUT2D eigenvalue weighted by molar-refractivity contribution is 1.28. The minimum Gasteiger partial charge on any atom is -0.251 e. The molecule has 0 radical (unpaired) electrons. The number of alkyl halides is 1. The quantitative estimate of drug-likeness (QED) is 0.253. The summed E-state index contributed by atoms with van der Waals surface area (Å²) in [6, 6.07) is 0. The maximum atomic E-state index is 3.50. The maximum Gasteiger partial charge on any atom is 0.0581 e. The Bertz CT molecular complexity index is 39.8. The molecule has 0 atom stereocenters. The van der Waals surface area contributed by atoms with Crippen LogP contribution in [0.5, 0.6) is 0 Å². The van der Waals surface area contributed by atoms with Crippen LogP contribution >= 0.6 is 34.5 Å². The van der Waals surface area contributed by atoms with E-state index in [2.05, 4.69) is 33.9 Å². The number of halogens is 1. The molecule has 0 bridgehead atoms. The highest BCUT2D eigenvalue weighted by atomic mass is 127. The second kappa shape index (κ2) is 5.78. The summed E-state index contributed by atoms with van der Waals surface area (Å²) in [7, 11) is 0. The standard InChI is InChI=1S/C3H6INS/c1-2-6-5-3-4/h2,5H,1,3H2. The van der Waals surface area contributed by atoms with Crippen molar-refractivity contribution in [3.05, 3.63) is 12.0 Å². The third-order valence-electron chi connectivity index (χ3n) is 0.221. The van der Waals surface area contributed by atoms with Crippen LogP contribution in [0, 0.1) is 0 Å². The highest BCUT2D eigenvalue weighted by Gasteiger charge is 1.68. The Morgan fingerprint density at radius 3 is 2.83 bits per heavy atom. The molecule has 0 aromatic rings. The molecule has 0 heterocycles. The largest absolute Gasteiger partial charge is 0.251 e. The molecule has 0 aliphatic carbocycles. The Labute approximate surface area is 55.8 Å². The van der Waals surface area contributed by atoms with Gasteiger partial charge >= 0.3 is 0 Å². The summed E-state index contributed by atoms with van der Waals surface area (Å²) in [6.45, 7) is 3.50. The van der Waals surface area contributed by atoms with Gasteiger partial charge in [0.1, 0.15) is 0 Å². The second-order valence-electron chi connectivity index (χ2n) is 0.562. The van der Waals surface area contributed by atoms with E-state index in [1.54, 1.807) is 5.41 Å². The van der Waals surface area contributed by atoms with Gasteiger partial charge < -0.3 is 0 Å². The first-order chi connectivity index (χ1) is 2.91. The summed E-state index contributed by atoms with van der Waals surface area (Å²) in [5.41, 5.74) is 0. The first kappa shape index (κ1) is 6.78. The van der Waals surface area contributed by atoms with Gasteiger partial charge in [-0.25, -0.2) is 0 Å². The highest BCUT2D eigenvalue weighted by Crippen LogP contribution is 1.91. The van der Waals surface area contributed by atoms with Gasteiger partial charge in [-0.2, -0.15) is 0 Å². The van der Waals surface area contributed by atoms with Crippen LogP contribution in [-0.2, 0) is 0 Å². The zero-order valence-corrected chi connectivity index (χ0v) is 6.25. The number of hydrogen-bond acceptors (Lipinski definition) is 2. The molecule has 1 nitrogen and oxygen atoms in total. The predicted molar refractivity (Wildman–Crippen MR) is 39.8 cm³/mol. The fourth-order valence-corrected chi connectivity index (χ4v) is 0.811. The summed E-state index contributed by atoms with van der Waals surface area (Å²) in [5, 5.41) is 1.76. The summed E-state index contributed by atoms with van der Waals surface area (Å²) in [4.78, 5) is 0. The normalized spacial score (nSPS) is 8.17. The molecule has 3 heteroatoms. The van der Waals surface area contributed by atoms with Crippen molar-refractivity contribution in [3.8, 4) is 0 Å². The smallest absolute Gasteiger partial charge is 0.0581 e. The van der Waals surface area contributed by atoms with Crippen molar-refractivity contribution in [1.29, 1.82) is 0 Å². The number of nitrogens with one attached hydrogen (secondary N) is 1. The molecular formula is C3H6INS. The van der Waals surface area contributed by atoms with Crippen molar-refractivity contribution in [1.82, 2.24) is 4.72 Å². The molecule has 0 spiro atoms. The minimum absolute atomic E-state index is 0.967. The average Bonchev–Trinajstić information content (AvgIpc) is 1.61. The molecule has 0 aromatic carbocycles. The Balaban J connectivity index is 2.49.